The van der Waals surface area contributed by atoms with E-state index in [0.29, 0.717) is 28.5 Å². The number of likely N-dealkylation sites (N-methyl/N-ethyl adjacent to an activating group) is 1. The van der Waals surface area contributed by atoms with Crippen LogP contribution in [0.5, 0.6) is 0 Å². The zero-order valence-electron chi connectivity index (χ0n) is 17.3. The highest BCUT2D eigenvalue weighted by Crippen LogP contribution is 2.32. The molecular formula is C20H28N4O4S. The highest BCUT2D eigenvalue weighted by molar-refractivity contribution is 7.80. The van der Waals surface area contributed by atoms with E-state index in [1.54, 1.807) is 19.1 Å². The van der Waals surface area contributed by atoms with Crippen LogP contribution in [0.1, 0.15) is 39.3 Å². The summed E-state index contributed by atoms with van der Waals surface area (Å²) in [5.74, 6) is -0.454. The van der Waals surface area contributed by atoms with E-state index in [-0.39, 0.29) is 12.3 Å². The number of esters is 1. The van der Waals surface area contributed by atoms with Gasteiger partial charge in [0, 0.05) is 30.9 Å². The maximum absolute atomic E-state index is 12.8. The summed E-state index contributed by atoms with van der Waals surface area (Å²) in [4.78, 5) is 27.7. The van der Waals surface area contributed by atoms with Gasteiger partial charge in [0.2, 0.25) is 0 Å². The van der Waals surface area contributed by atoms with Crippen molar-refractivity contribution in [2.24, 2.45) is 0 Å². The van der Waals surface area contributed by atoms with Gasteiger partial charge in [-0.2, -0.15) is 0 Å². The Morgan fingerprint density at radius 2 is 2.03 bits per heavy atom. The van der Waals surface area contributed by atoms with Gasteiger partial charge >= 0.3 is 5.97 Å². The fourth-order valence-electron chi connectivity index (χ4n) is 3.37. The summed E-state index contributed by atoms with van der Waals surface area (Å²) in [6.45, 7) is 11.3. The fourth-order valence-corrected chi connectivity index (χ4v) is 3.72. The van der Waals surface area contributed by atoms with Crippen molar-refractivity contribution < 1.29 is 14.5 Å². The van der Waals surface area contributed by atoms with Crippen LogP contribution < -0.4 is 5.32 Å². The summed E-state index contributed by atoms with van der Waals surface area (Å²) < 4.78 is 5.28. The highest BCUT2D eigenvalue weighted by atomic mass is 32.1. The fraction of sp³-hybridized carbons (Fsp3) is 0.500. The van der Waals surface area contributed by atoms with Crippen molar-refractivity contribution in [3.8, 4) is 0 Å². The van der Waals surface area contributed by atoms with E-state index < -0.39 is 16.9 Å². The van der Waals surface area contributed by atoms with E-state index in [2.05, 4.69) is 24.1 Å². The molecule has 1 N–H and O–H groups in total. The highest BCUT2D eigenvalue weighted by Gasteiger charge is 2.35. The number of rotatable bonds is 9. The van der Waals surface area contributed by atoms with Crippen LogP contribution in [0, 0.1) is 10.1 Å². The van der Waals surface area contributed by atoms with Crippen molar-refractivity contribution in [1.82, 2.24) is 15.1 Å². The maximum atomic E-state index is 12.8. The molecule has 0 bridgehead atoms. The van der Waals surface area contributed by atoms with Gasteiger partial charge in [0.25, 0.3) is 5.69 Å². The van der Waals surface area contributed by atoms with Crippen molar-refractivity contribution in [1.29, 1.82) is 0 Å². The SMILES string of the molecule is CCOC(=O)C1=C(C)N(CCN(CC)CC)C(=S)N[C@H]1c1cccc([N+](=O)[O-])c1. The molecule has 1 heterocycles. The molecule has 0 aliphatic carbocycles. The Morgan fingerprint density at radius 3 is 2.62 bits per heavy atom. The quantitative estimate of drug-likeness (QED) is 0.282. The van der Waals surface area contributed by atoms with Crippen molar-refractivity contribution in [3.05, 3.63) is 51.2 Å². The average Bonchev–Trinajstić information content (AvgIpc) is 2.70. The van der Waals surface area contributed by atoms with Crippen LogP contribution in [0.4, 0.5) is 5.69 Å². The molecule has 1 atom stereocenters. The van der Waals surface area contributed by atoms with Crippen LogP contribution in [0.15, 0.2) is 35.5 Å². The number of benzene rings is 1. The second-order valence-corrected chi connectivity index (χ2v) is 7.02. The Bertz CT molecular complexity index is 807. The lowest BCUT2D eigenvalue weighted by atomic mass is 9.94. The summed E-state index contributed by atoms with van der Waals surface area (Å²) in [7, 11) is 0. The number of non-ortho nitro benzene ring substituents is 1. The molecule has 0 aromatic heterocycles. The van der Waals surface area contributed by atoms with E-state index >= 15 is 0 Å². The number of hydrogen-bond donors (Lipinski definition) is 1. The summed E-state index contributed by atoms with van der Waals surface area (Å²) in [6.07, 6.45) is 0. The van der Waals surface area contributed by atoms with Crippen molar-refractivity contribution >= 4 is 29.0 Å². The van der Waals surface area contributed by atoms with Gasteiger partial charge in [-0.05, 0) is 44.7 Å². The Kier molecular flexibility index (Phi) is 8.10. The lowest BCUT2D eigenvalue weighted by Gasteiger charge is -2.38. The zero-order chi connectivity index (χ0) is 21.6. The second-order valence-electron chi connectivity index (χ2n) is 6.63. The number of allylic oxidation sites excluding steroid dienone is 1. The monoisotopic (exact) mass is 420 g/mol. The number of nitrogens with one attached hydrogen (secondary N) is 1. The van der Waals surface area contributed by atoms with Gasteiger partial charge in [-0.1, -0.05) is 26.0 Å². The molecular weight excluding hydrogens is 392 g/mol. The number of hydrogen-bond acceptors (Lipinski definition) is 6. The molecule has 0 fully saturated rings. The lowest BCUT2D eigenvalue weighted by molar-refractivity contribution is -0.384. The van der Waals surface area contributed by atoms with Crippen LogP contribution in [-0.2, 0) is 9.53 Å². The van der Waals surface area contributed by atoms with Crippen molar-refractivity contribution in [3.63, 3.8) is 0 Å². The Morgan fingerprint density at radius 1 is 1.34 bits per heavy atom. The van der Waals surface area contributed by atoms with Gasteiger partial charge in [-0.25, -0.2) is 4.79 Å². The molecule has 0 spiro atoms. The summed E-state index contributed by atoms with van der Waals surface area (Å²) in [6, 6.07) is 5.61. The molecule has 0 unspecified atom stereocenters. The normalized spacial score (nSPS) is 16.8. The molecule has 29 heavy (non-hydrogen) atoms. The topological polar surface area (TPSA) is 88.0 Å². The first-order valence-corrected chi connectivity index (χ1v) is 10.2. The van der Waals surface area contributed by atoms with Crippen molar-refractivity contribution in [2.75, 3.05) is 32.8 Å². The molecule has 9 heteroatoms. The number of nitro benzene ring substituents is 1. The van der Waals surface area contributed by atoms with E-state index in [4.69, 9.17) is 17.0 Å². The molecule has 1 aliphatic heterocycles. The third-order valence-electron chi connectivity index (χ3n) is 5.04. The molecule has 0 amide bonds. The molecule has 0 saturated heterocycles. The molecule has 2 rings (SSSR count). The predicted octanol–water partition coefficient (Wildman–Crippen LogP) is 3.00. The predicted molar refractivity (Wildman–Crippen MR) is 115 cm³/mol. The van der Waals surface area contributed by atoms with Gasteiger partial charge in [0.05, 0.1) is 23.1 Å². The number of ether oxygens (including phenoxy) is 1. The standard InChI is InChI=1S/C20H28N4O4S/c1-5-22(6-2)11-12-23-14(4)17(19(25)28-7-3)18(21-20(23)29)15-9-8-10-16(13-15)24(26)27/h8-10,13,18H,5-7,11-12H2,1-4H3,(H,21,29)/t18-/m0/s1. The van der Waals surface area contributed by atoms with Crippen LogP contribution in [-0.4, -0.2) is 58.6 Å². The number of thiocarbonyl (C=S) groups is 1. The van der Waals surface area contributed by atoms with Gasteiger partial charge in [0.1, 0.15) is 0 Å². The smallest absolute Gasteiger partial charge is 0.338 e. The third kappa shape index (κ3) is 5.30. The van der Waals surface area contributed by atoms with Crippen LogP contribution in [0.3, 0.4) is 0 Å². The minimum atomic E-state index is -0.605. The van der Waals surface area contributed by atoms with Gasteiger partial charge in [-0.15, -0.1) is 0 Å². The van der Waals surface area contributed by atoms with E-state index in [1.165, 1.54) is 12.1 Å². The lowest BCUT2D eigenvalue weighted by Crippen LogP contribution is -2.49. The largest absolute Gasteiger partial charge is 0.463 e. The van der Waals surface area contributed by atoms with Crippen LogP contribution in [0.2, 0.25) is 0 Å². The molecule has 0 saturated carbocycles. The van der Waals surface area contributed by atoms with E-state index in [9.17, 15) is 14.9 Å². The molecule has 1 aliphatic rings. The first-order chi connectivity index (χ1) is 13.8. The molecule has 0 radical (unpaired) electrons. The van der Waals surface area contributed by atoms with Crippen LogP contribution >= 0.6 is 12.2 Å². The third-order valence-corrected chi connectivity index (χ3v) is 5.38. The number of nitrogens with zero attached hydrogens (tertiary/aromatic N) is 3. The number of carbonyl (C=O) groups excluding carboxylic acids is 1. The summed E-state index contributed by atoms with van der Waals surface area (Å²) >= 11 is 5.57. The Balaban J connectivity index is 2.44. The van der Waals surface area contributed by atoms with Gasteiger partial charge in [0.15, 0.2) is 5.11 Å². The average molecular weight is 421 g/mol. The Hall–Kier alpha value is -2.52. The minimum absolute atomic E-state index is 0.0416. The molecule has 158 valence electrons. The first kappa shape index (κ1) is 22.8. The summed E-state index contributed by atoms with van der Waals surface area (Å²) in [5.41, 5.74) is 1.67. The van der Waals surface area contributed by atoms with E-state index in [1.807, 2.05) is 11.8 Å². The Labute approximate surface area is 176 Å². The zero-order valence-corrected chi connectivity index (χ0v) is 18.1. The first-order valence-electron chi connectivity index (χ1n) is 9.76. The summed E-state index contributed by atoms with van der Waals surface area (Å²) in [5, 5.41) is 14.9. The van der Waals surface area contributed by atoms with Gasteiger partial charge < -0.3 is 19.9 Å². The maximum Gasteiger partial charge on any atom is 0.338 e. The van der Waals surface area contributed by atoms with E-state index in [0.717, 1.165) is 19.6 Å². The van der Waals surface area contributed by atoms with Crippen molar-refractivity contribution in [2.45, 2.75) is 33.7 Å². The number of carbonyl (C=O) groups is 1. The van der Waals surface area contributed by atoms with Crippen LogP contribution in [0.25, 0.3) is 0 Å². The second kappa shape index (κ2) is 10.3. The molecule has 8 nitrogen and oxygen atoms in total. The minimum Gasteiger partial charge on any atom is -0.463 e. The van der Waals surface area contributed by atoms with Gasteiger partial charge in [-0.3, -0.25) is 10.1 Å². The molecule has 1 aromatic rings. The number of nitro groups is 1. The molecule has 1 aromatic carbocycles.